The number of hydrogen-bond donors (Lipinski definition) is 0. The molecule has 0 saturated carbocycles. The Bertz CT molecular complexity index is 351. The largest absolute Gasteiger partial charge is 1.00 e. The van der Waals surface area contributed by atoms with E-state index in [1.165, 1.54) is 88.4 Å². The van der Waals surface area contributed by atoms with E-state index >= 15 is 0 Å². The Morgan fingerprint density at radius 3 is 1.61 bits per heavy atom. The summed E-state index contributed by atoms with van der Waals surface area (Å²) in [5.41, 5.74) is 1.42. The molecule has 1 aromatic rings. The highest BCUT2D eigenvalue weighted by Gasteiger charge is 1.96. The van der Waals surface area contributed by atoms with Crippen LogP contribution in [0.15, 0.2) is 24.3 Å². The summed E-state index contributed by atoms with van der Waals surface area (Å²) in [6.07, 6.45) is 19.1. The Hall–Kier alpha value is 0.150. The van der Waals surface area contributed by atoms with E-state index in [0.717, 1.165) is 5.02 Å². The molecular formula is C20H34Cl2S. The first-order valence-corrected chi connectivity index (χ1v) is 11.0. The molecule has 1 aromatic carbocycles. The maximum absolute atomic E-state index is 5.90. The van der Waals surface area contributed by atoms with Crippen molar-refractivity contribution >= 4 is 23.4 Å². The molecule has 23 heavy (non-hydrogen) atoms. The molecule has 0 unspecified atom stereocenters. The molecule has 3 heteroatoms. The van der Waals surface area contributed by atoms with Gasteiger partial charge in [0.25, 0.3) is 0 Å². The zero-order chi connectivity index (χ0) is 15.9. The third kappa shape index (κ3) is 14.2. The van der Waals surface area contributed by atoms with E-state index in [1.807, 2.05) is 12.1 Å². The molecule has 0 N–H and O–H groups in total. The van der Waals surface area contributed by atoms with E-state index in [-0.39, 0.29) is 12.4 Å². The Kier molecular flexibility index (Phi) is 17.1. The molecule has 0 aliphatic heterocycles. The van der Waals surface area contributed by atoms with E-state index in [2.05, 4.69) is 18.4 Å². The number of benzene rings is 1. The van der Waals surface area contributed by atoms with Gasteiger partial charge in [0.05, 0.1) is 6.26 Å². The van der Waals surface area contributed by atoms with Gasteiger partial charge in [-0.25, -0.2) is 0 Å². The van der Waals surface area contributed by atoms with Gasteiger partial charge in [-0.3, -0.25) is 0 Å². The van der Waals surface area contributed by atoms with Gasteiger partial charge in [0, 0.05) is 5.02 Å². The summed E-state index contributed by atoms with van der Waals surface area (Å²) in [5, 5.41) is 0.841. The van der Waals surface area contributed by atoms with Crippen LogP contribution in [0.4, 0.5) is 0 Å². The zero-order valence-electron chi connectivity index (χ0n) is 14.7. The standard InChI is InChI=1S/C20H33ClS.ClH/c1-22-18-12-10-8-6-4-2-3-5-7-9-11-13-19-14-16-20(21)17-15-19;/h14-17H,2-13,18H2,1H3;1H. The first-order valence-electron chi connectivity index (χ1n) is 9.13. The molecule has 0 fully saturated rings. The summed E-state index contributed by atoms with van der Waals surface area (Å²) in [5.74, 6) is 1.40. The number of hydrogen-bond acceptors (Lipinski definition) is 0. The predicted octanol–water partition coefficient (Wildman–Crippen LogP) is 3.62. The normalized spacial score (nSPS) is 10.5. The van der Waals surface area contributed by atoms with Gasteiger partial charge in [-0.15, -0.1) is 0 Å². The zero-order valence-corrected chi connectivity index (χ0v) is 17.1. The van der Waals surface area contributed by atoms with Gasteiger partial charge in [-0.2, -0.15) is 0 Å². The van der Waals surface area contributed by atoms with Gasteiger partial charge >= 0.3 is 0 Å². The fraction of sp³-hybridized carbons (Fsp3) is 0.700. The first-order chi connectivity index (χ1) is 10.8. The molecule has 0 heterocycles. The first kappa shape index (κ1) is 23.1. The molecule has 0 nitrogen and oxygen atoms in total. The van der Waals surface area contributed by atoms with Crippen LogP contribution >= 0.6 is 11.6 Å². The molecular weight excluding hydrogens is 343 g/mol. The van der Waals surface area contributed by atoms with Crippen molar-refractivity contribution in [3.8, 4) is 0 Å². The van der Waals surface area contributed by atoms with E-state index in [4.69, 9.17) is 11.6 Å². The number of halogens is 2. The van der Waals surface area contributed by atoms with Crippen LogP contribution in [0.25, 0.3) is 0 Å². The quantitative estimate of drug-likeness (QED) is 0.264. The van der Waals surface area contributed by atoms with Crippen molar-refractivity contribution in [2.45, 2.75) is 77.0 Å². The Morgan fingerprint density at radius 2 is 1.13 bits per heavy atom. The lowest BCUT2D eigenvalue weighted by molar-refractivity contribution is -0.00000460. The average molecular weight is 377 g/mol. The lowest BCUT2D eigenvalue weighted by Gasteiger charge is -2.03. The minimum atomic E-state index is 0. The predicted molar refractivity (Wildman–Crippen MR) is 105 cm³/mol. The average Bonchev–Trinajstić information content (AvgIpc) is 2.53. The van der Waals surface area contributed by atoms with Gasteiger partial charge in [-0.1, -0.05) is 75.1 Å². The van der Waals surface area contributed by atoms with Crippen LogP contribution in [0.1, 0.15) is 76.2 Å². The molecule has 0 aromatic heterocycles. The molecule has 134 valence electrons. The Morgan fingerprint density at radius 1 is 0.696 bits per heavy atom. The minimum Gasteiger partial charge on any atom is -1.00 e. The molecule has 0 radical (unpaired) electrons. The van der Waals surface area contributed by atoms with Gasteiger partial charge in [0.1, 0.15) is 5.75 Å². The third-order valence-electron chi connectivity index (χ3n) is 4.26. The Balaban J connectivity index is 0.00000484. The van der Waals surface area contributed by atoms with Gasteiger partial charge in [0.2, 0.25) is 0 Å². The van der Waals surface area contributed by atoms with Crippen LogP contribution in [-0.4, -0.2) is 12.0 Å². The van der Waals surface area contributed by atoms with Crippen molar-refractivity contribution in [1.82, 2.24) is 0 Å². The fourth-order valence-corrected chi connectivity index (χ4v) is 3.51. The molecule has 0 aliphatic rings. The molecule has 0 amide bonds. The van der Waals surface area contributed by atoms with Gasteiger partial charge in [0.15, 0.2) is 0 Å². The van der Waals surface area contributed by atoms with Crippen molar-refractivity contribution < 1.29 is 12.4 Å². The molecule has 0 aliphatic carbocycles. The van der Waals surface area contributed by atoms with Crippen LogP contribution in [0, 0.1) is 0 Å². The maximum Gasteiger partial charge on any atom is 0.105 e. The fourth-order valence-electron chi connectivity index (χ4n) is 2.84. The van der Waals surface area contributed by atoms with Crippen molar-refractivity contribution in [3.05, 3.63) is 34.9 Å². The van der Waals surface area contributed by atoms with Crippen LogP contribution < -0.4 is 12.4 Å². The summed E-state index contributed by atoms with van der Waals surface area (Å²) in [4.78, 5) is 0. The van der Waals surface area contributed by atoms with Crippen molar-refractivity contribution in [3.63, 3.8) is 0 Å². The smallest absolute Gasteiger partial charge is 0.105 e. The number of thiol groups is 1. The molecule has 0 atom stereocenters. The van der Waals surface area contributed by atoms with Crippen LogP contribution in [0.2, 0.25) is 5.02 Å². The van der Waals surface area contributed by atoms with Crippen LogP contribution in [0.5, 0.6) is 0 Å². The summed E-state index contributed by atoms with van der Waals surface area (Å²) >= 11 is 7.46. The highest BCUT2D eigenvalue weighted by molar-refractivity contribution is 7.77. The molecule has 1 rings (SSSR count). The van der Waals surface area contributed by atoms with Crippen LogP contribution in [0.3, 0.4) is 0 Å². The Labute approximate surface area is 159 Å². The van der Waals surface area contributed by atoms with Gasteiger partial charge < -0.3 is 12.4 Å². The second-order valence-corrected chi connectivity index (χ2v) is 7.82. The summed E-state index contributed by atoms with van der Waals surface area (Å²) in [7, 11) is 0. The van der Waals surface area contributed by atoms with Crippen molar-refractivity contribution in [1.29, 1.82) is 0 Å². The minimum absolute atomic E-state index is 0. The highest BCUT2D eigenvalue weighted by atomic mass is 35.5. The summed E-state index contributed by atoms with van der Waals surface area (Å²) in [6.45, 7) is 0. The topological polar surface area (TPSA) is 0 Å². The summed E-state index contributed by atoms with van der Waals surface area (Å²) in [6, 6.07) is 8.31. The lowest BCUT2D eigenvalue weighted by atomic mass is 10.0. The van der Waals surface area contributed by atoms with E-state index in [1.54, 1.807) is 11.8 Å². The van der Waals surface area contributed by atoms with E-state index in [9.17, 15) is 0 Å². The number of rotatable bonds is 14. The SMILES string of the molecule is C[SH+]CCCCCCCCCCCCCc1ccc(Cl)cc1.[Cl-]. The second kappa shape index (κ2) is 17.0. The monoisotopic (exact) mass is 376 g/mol. The van der Waals surface area contributed by atoms with Crippen molar-refractivity contribution in [2.24, 2.45) is 0 Å². The molecule has 0 saturated heterocycles. The van der Waals surface area contributed by atoms with Crippen molar-refractivity contribution in [2.75, 3.05) is 12.0 Å². The number of unbranched alkanes of at least 4 members (excludes halogenated alkanes) is 10. The van der Waals surface area contributed by atoms with Gasteiger partial charge in [-0.05, 0) is 55.1 Å². The second-order valence-electron chi connectivity index (χ2n) is 6.31. The third-order valence-corrected chi connectivity index (χ3v) is 5.28. The van der Waals surface area contributed by atoms with Crippen LogP contribution in [-0.2, 0) is 18.2 Å². The summed E-state index contributed by atoms with van der Waals surface area (Å²) < 4.78 is 0. The number of aryl methyl sites for hydroxylation is 1. The lowest BCUT2D eigenvalue weighted by Crippen LogP contribution is -3.00. The molecule has 0 bridgehead atoms. The van der Waals surface area contributed by atoms with E-state index < -0.39 is 0 Å². The maximum atomic E-state index is 5.90. The van der Waals surface area contributed by atoms with E-state index in [0.29, 0.717) is 0 Å². The molecule has 0 spiro atoms. The highest BCUT2D eigenvalue weighted by Crippen LogP contribution is 2.14.